The lowest BCUT2D eigenvalue weighted by Gasteiger charge is -2.00. The molecule has 2 N–H and O–H groups in total. The van der Waals surface area contributed by atoms with E-state index in [1.807, 2.05) is 0 Å². The van der Waals surface area contributed by atoms with Crippen LogP contribution in [0.3, 0.4) is 0 Å². The average molecular weight is 254 g/mol. The number of hydrogen-bond donors (Lipinski definition) is 2. The molecule has 1 aliphatic carbocycles. The highest BCUT2D eigenvalue weighted by atomic mass is 16.5. The number of nitrogens with one attached hydrogen (secondary N) is 2. The molecule has 1 saturated carbocycles. The topological polar surface area (TPSA) is 72.2 Å². The molecule has 1 aliphatic rings. The Kier molecular flexibility index (Phi) is 5.41. The third kappa shape index (κ3) is 5.01. The summed E-state index contributed by atoms with van der Waals surface area (Å²) in [7, 11) is 1.68. The fourth-order valence-electron chi connectivity index (χ4n) is 1.76. The van der Waals surface area contributed by atoms with E-state index in [-0.39, 0.29) is 0 Å². The second kappa shape index (κ2) is 7.33. The van der Waals surface area contributed by atoms with Crippen LogP contribution in [0, 0.1) is 5.92 Å². The molecule has 18 heavy (non-hydrogen) atoms. The first-order chi connectivity index (χ1) is 8.88. The molecule has 0 aromatic carbocycles. The molecule has 1 fully saturated rings. The highest BCUT2D eigenvalue weighted by molar-refractivity contribution is 5.16. The van der Waals surface area contributed by atoms with Crippen molar-refractivity contribution in [1.82, 2.24) is 15.5 Å². The Morgan fingerprint density at radius 3 is 3.00 bits per heavy atom. The first-order valence-corrected chi connectivity index (χ1v) is 6.64. The molecule has 2 rings (SSSR count). The minimum Gasteiger partial charge on any atom is -0.407 e. The van der Waals surface area contributed by atoms with Gasteiger partial charge in [-0.3, -0.25) is 0 Å². The van der Waals surface area contributed by atoms with Gasteiger partial charge in [-0.1, -0.05) is 17.9 Å². The largest absolute Gasteiger partial charge is 0.407 e. The fraction of sp³-hybridized carbons (Fsp3) is 0.833. The van der Waals surface area contributed by atoms with Gasteiger partial charge in [-0.15, -0.1) is 5.10 Å². The Balaban J connectivity index is 1.56. The molecule has 102 valence electrons. The van der Waals surface area contributed by atoms with Crippen molar-refractivity contribution in [3.05, 3.63) is 5.89 Å². The number of methoxy groups -OCH3 is 1. The molecule has 0 spiro atoms. The Morgan fingerprint density at radius 1 is 1.33 bits per heavy atom. The van der Waals surface area contributed by atoms with Crippen LogP contribution >= 0.6 is 0 Å². The fourth-order valence-corrected chi connectivity index (χ4v) is 1.76. The maximum absolute atomic E-state index is 5.45. The molecule has 0 bridgehead atoms. The number of aromatic nitrogens is 2. The Labute approximate surface area is 107 Å². The molecule has 0 radical (unpaired) electrons. The van der Waals surface area contributed by atoms with Crippen molar-refractivity contribution in [2.45, 2.75) is 32.2 Å². The normalized spacial score (nSPS) is 14.9. The second-order valence-electron chi connectivity index (χ2n) is 4.68. The van der Waals surface area contributed by atoms with Gasteiger partial charge in [0.2, 0.25) is 5.89 Å². The van der Waals surface area contributed by atoms with Gasteiger partial charge in [0.1, 0.15) is 0 Å². The molecule has 0 aliphatic heterocycles. The van der Waals surface area contributed by atoms with Gasteiger partial charge in [0.15, 0.2) is 0 Å². The zero-order chi connectivity index (χ0) is 12.6. The highest BCUT2D eigenvalue weighted by Gasteiger charge is 2.20. The summed E-state index contributed by atoms with van der Waals surface area (Å²) in [5.74, 6) is 1.59. The second-order valence-corrected chi connectivity index (χ2v) is 4.68. The van der Waals surface area contributed by atoms with E-state index in [0.717, 1.165) is 19.0 Å². The van der Waals surface area contributed by atoms with Crippen molar-refractivity contribution in [2.24, 2.45) is 5.92 Å². The van der Waals surface area contributed by atoms with Gasteiger partial charge >= 0.3 is 6.01 Å². The zero-order valence-electron chi connectivity index (χ0n) is 10.9. The number of nitrogens with zero attached hydrogens (tertiary/aromatic N) is 2. The van der Waals surface area contributed by atoms with Gasteiger partial charge in [-0.05, 0) is 18.8 Å². The van der Waals surface area contributed by atoms with Crippen LogP contribution in [0.5, 0.6) is 0 Å². The Bertz CT molecular complexity index is 339. The molecule has 1 heterocycles. The van der Waals surface area contributed by atoms with Crippen LogP contribution in [0.4, 0.5) is 6.01 Å². The molecule has 0 atom stereocenters. The molecule has 1 aromatic rings. The van der Waals surface area contributed by atoms with Gasteiger partial charge in [-0.2, -0.15) is 0 Å². The summed E-state index contributed by atoms with van der Waals surface area (Å²) in [6, 6.07) is 0.523. The SMILES string of the molecule is COCCNCc1nnc(NCCCC2CC2)o1. The molecule has 6 heteroatoms. The summed E-state index contributed by atoms with van der Waals surface area (Å²) < 4.78 is 10.4. The van der Waals surface area contributed by atoms with Crippen molar-refractivity contribution >= 4 is 6.01 Å². The van der Waals surface area contributed by atoms with Crippen molar-refractivity contribution in [3.8, 4) is 0 Å². The van der Waals surface area contributed by atoms with E-state index in [0.29, 0.717) is 25.1 Å². The molecule has 0 saturated heterocycles. The van der Waals surface area contributed by atoms with Crippen molar-refractivity contribution in [1.29, 1.82) is 0 Å². The van der Waals surface area contributed by atoms with Crippen LogP contribution in [0.25, 0.3) is 0 Å². The number of anilines is 1. The van der Waals surface area contributed by atoms with Gasteiger partial charge in [-0.25, -0.2) is 0 Å². The molecular weight excluding hydrogens is 232 g/mol. The average Bonchev–Trinajstić information content (AvgIpc) is 3.10. The highest BCUT2D eigenvalue weighted by Crippen LogP contribution is 2.33. The molecule has 0 unspecified atom stereocenters. The quantitative estimate of drug-likeness (QED) is 0.615. The van der Waals surface area contributed by atoms with Crippen LogP contribution in [-0.4, -0.2) is 37.0 Å². The van der Waals surface area contributed by atoms with Crippen LogP contribution in [0.2, 0.25) is 0 Å². The third-order valence-electron chi connectivity index (χ3n) is 2.99. The standard InChI is InChI=1S/C12H22N4O2/c1-17-8-7-13-9-11-15-16-12(18-11)14-6-2-3-10-4-5-10/h10,13H,2-9H2,1H3,(H,14,16). The molecule has 0 amide bonds. The van der Waals surface area contributed by atoms with Gasteiger partial charge < -0.3 is 19.8 Å². The van der Waals surface area contributed by atoms with E-state index < -0.39 is 0 Å². The van der Waals surface area contributed by atoms with Gasteiger partial charge in [0.25, 0.3) is 0 Å². The van der Waals surface area contributed by atoms with E-state index in [4.69, 9.17) is 9.15 Å². The zero-order valence-corrected chi connectivity index (χ0v) is 10.9. The molecular formula is C12H22N4O2. The predicted molar refractivity (Wildman–Crippen MR) is 68.3 cm³/mol. The van der Waals surface area contributed by atoms with Crippen LogP contribution in [0.1, 0.15) is 31.6 Å². The van der Waals surface area contributed by atoms with Gasteiger partial charge in [0, 0.05) is 20.2 Å². The minimum absolute atomic E-state index is 0.523. The lowest BCUT2D eigenvalue weighted by molar-refractivity contribution is 0.198. The van der Waals surface area contributed by atoms with Gasteiger partial charge in [0.05, 0.1) is 13.2 Å². The lowest BCUT2D eigenvalue weighted by Crippen LogP contribution is -2.18. The Morgan fingerprint density at radius 2 is 2.22 bits per heavy atom. The summed E-state index contributed by atoms with van der Waals surface area (Å²) in [5.41, 5.74) is 0. The predicted octanol–water partition coefficient (Wildman–Crippen LogP) is 1.41. The molecule has 6 nitrogen and oxygen atoms in total. The van der Waals surface area contributed by atoms with Crippen LogP contribution < -0.4 is 10.6 Å². The van der Waals surface area contributed by atoms with Crippen molar-refractivity contribution in [2.75, 3.05) is 32.1 Å². The van der Waals surface area contributed by atoms with Crippen LogP contribution in [0.15, 0.2) is 4.42 Å². The minimum atomic E-state index is 0.523. The Hall–Kier alpha value is -1.14. The van der Waals surface area contributed by atoms with E-state index in [2.05, 4.69) is 20.8 Å². The van der Waals surface area contributed by atoms with E-state index in [1.54, 1.807) is 7.11 Å². The monoisotopic (exact) mass is 254 g/mol. The summed E-state index contributed by atoms with van der Waals surface area (Å²) in [4.78, 5) is 0. The van der Waals surface area contributed by atoms with Crippen LogP contribution in [-0.2, 0) is 11.3 Å². The van der Waals surface area contributed by atoms with E-state index >= 15 is 0 Å². The molecule has 1 aromatic heterocycles. The number of ether oxygens (including phenoxy) is 1. The lowest BCUT2D eigenvalue weighted by atomic mass is 10.2. The summed E-state index contributed by atoms with van der Waals surface area (Å²) in [5, 5.41) is 14.2. The number of hydrogen-bond acceptors (Lipinski definition) is 6. The summed E-state index contributed by atoms with van der Waals surface area (Å²) in [6.07, 6.45) is 5.32. The first kappa shape index (κ1) is 13.3. The van der Waals surface area contributed by atoms with E-state index in [9.17, 15) is 0 Å². The smallest absolute Gasteiger partial charge is 0.315 e. The van der Waals surface area contributed by atoms with Crippen molar-refractivity contribution < 1.29 is 9.15 Å². The summed E-state index contributed by atoms with van der Waals surface area (Å²) in [6.45, 7) is 2.96. The van der Waals surface area contributed by atoms with Crippen molar-refractivity contribution in [3.63, 3.8) is 0 Å². The third-order valence-corrected chi connectivity index (χ3v) is 2.99. The summed E-state index contributed by atoms with van der Waals surface area (Å²) >= 11 is 0. The number of rotatable bonds is 10. The maximum Gasteiger partial charge on any atom is 0.315 e. The van der Waals surface area contributed by atoms with E-state index in [1.165, 1.54) is 25.7 Å². The first-order valence-electron chi connectivity index (χ1n) is 6.64. The maximum atomic E-state index is 5.45.